The fourth-order valence-corrected chi connectivity index (χ4v) is 3.94. The molecule has 0 radical (unpaired) electrons. The van der Waals surface area contributed by atoms with E-state index < -0.39 is 0 Å². The van der Waals surface area contributed by atoms with Crippen molar-refractivity contribution in [3.63, 3.8) is 0 Å². The molecule has 23 heavy (non-hydrogen) atoms. The first kappa shape index (κ1) is 18.2. The van der Waals surface area contributed by atoms with E-state index in [1.54, 1.807) is 0 Å². The summed E-state index contributed by atoms with van der Waals surface area (Å²) in [5.41, 5.74) is 5.40. The highest BCUT2D eigenvalue weighted by atomic mass is 16.2. The molecular weight excluding hydrogens is 290 g/mol. The fourth-order valence-electron chi connectivity index (χ4n) is 3.94. The summed E-state index contributed by atoms with van der Waals surface area (Å²) in [4.78, 5) is 26.2. The molecule has 5 nitrogen and oxygen atoms in total. The maximum Gasteiger partial charge on any atom is 0.222 e. The van der Waals surface area contributed by atoms with Gasteiger partial charge in [0.1, 0.15) is 0 Å². The summed E-state index contributed by atoms with van der Waals surface area (Å²) in [6.07, 6.45) is 11.9. The van der Waals surface area contributed by atoms with Crippen molar-refractivity contribution in [2.75, 3.05) is 19.6 Å². The van der Waals surface area contributed by atoms with Crippen LogP contribution in [0.15, 0.2) is 0 Å². The quantitative estimate of drug-likeness (QED) is 0.754. The van der Waals surface area contributed by atoms with Crippen LogP contribution in [-0.4, -0.2) is 42.4 Å². The molecule has 3 N–H and O–H groups in total. The minimum atomic E-state index is -0.00678. The van der Waals surface area contributed by atoms with Crippen LogP contribution >= 0.6 is 0 Å². The van der Waals surface area contributed by atoms with E-state index in [4.69, 9.17) is 5.73 Å². The largest absolute Gasteiger partial charge is 0.354 e. The zero-order chi connectivity index (χ0) is 16.5. The molecule has 0 spiro atoms. The van der Waals surface area contributed by atoms with E-state index in [1.807, 2.05) is 4.90 Å². The van der Waals surface area contributed by atoms with Crippen LogP contribution in [0.3, 0.4) is 0 Å². The summed E-state index contributed by atoms with van der Waals surface area (Å²) in [6, 6.07) is 0.171. The van der Waals surface area contributed by atoms with E-state index in [1.165, 1.54) is 32.1 Å². The lowest BCUT2D eigenvalue weighted by Crippen LogP contribution is -2.49. The molecule has 2 amide bonds. The van der Waals surface area contributed by atoms with E-state index in [2.05, 4.69) is 5.32 Å². The Morgan fingerprint density at radius 2 is 1.74 bits per heavy atom. The Morgan fingerprint density at radius 1 is 1.00 bits per heavy atom. The Kier molecular flexibility index (Phi) is 7.86. The number of likely N-dealkylation sites (tertiary alicyclic amines) is 1. The second-order valence-electron chi connectivity index (χ2n) is 7.12. The van der Waals surface area contributed by atoms with Gasteiger partial charge in [0.25, 0.3) is 0 Å². The molecule has 2 rings (SSSR count). The first-order valence-corrected chi connectivity index (χ1v) is 9.47. The highest BCUT2D eigenvalue weighted by Gasteiger charge is 2.27. The van der Waals surface area contributed by atoms with Crippen LogP contribution in [0, 0.1) is 5.92 Å². The lowest BCUT2D eigenvalue weighted by Gasteiger charge is -2.36. The Bertz CT molecular complexity index is 380. The van der Waals surface area contributed by atoms with Gasteiger partial charge in [-0.3, -0.25) is 9.59 Å². The summed E-state index contributed by atoms with van der Waals surface area (Å²) in [6.45, 7) is 1.80. The van der Waals surface area contributed by atoms with Gasteiger partial charge in [-0.2, -0.15) is 0 Å². The lowest BCUT2D eigenvalue weighted by molar-refractivity contribution is -0.135. The van der Waals surface area contributed by atoms with Crippen LogP contribution in [0.2, 0.25) is 0 Å². The molecular formula is C18H33N3O2. The van der Waals surface area contributed by atoms with Gasteiger partial charge in [-0.1, -0.05) is 32.1 Å². The van der Waals surface area contributed by atoms with Crippen molar-refractivity contribution in [2.45, 2.75) is 76.7 Å². The predicted molar refractivity (Wildman–Crippen MR) is 91.8 cm³/mol. The zero-order valence-corrected chi connectivity index (χ0v) is 14.4. The number of nitrogens with zero attached hydrogens (tertiary/aromatic N) is 1. The summed E-state index contributed by atoms with van der Waals surface area (Å²) in [5, 5.41) is 2.93. The smallest absolute Gasteiger partial charge is 0.222 e. The van der Waals surface area contributed by atoms with Crippen molar-refractivity contribution < 1.29 is 9.59 Å². The minimum absolute atomic E-state index is 0.00678. The van der Waals surface area contributed by atoms with Gasteiger partial charge in [0, 0.05) is 38.5 Å². The highest BCUT2D eigenvalue weighted by Crippen LogP contribution is 2.28. The van der Waals surface area contributed by atoms with E-state index >= 15 is 0 Å². The maximum absolute atomic E-state index is 12.6. The van der Waals surface area contributed by atoms with Crippen molar-refractivity contribution >= 4 is 11.8 Å². The second-order valence-corrected chi connectivity index (χ2v) is 7.12. The van der Waals surface area contributed by atoms with Gasteiger partial charge >= 0.3 is 0 Å². The lowest BCUT2D eigenvalue weighted by atomic mass is 9.86. The molecule has 2 aliphatic rings. The number of hydrogen-bond acceptors (Lipinski definition) is 3. The topological polar surface area (TPSA) is 75.4 Å². The molecule has 1 saturated heterocycles. The molecule has 1 aliphatic carbocycles. The van der Waals surface area contributed by atoms with Crippen LogP contribution in [0.25, 0.3) is 0 Å². The van der Waals surface area contributed by atoms with E-state index in [0.717, 1.165) is 38.1 Å². The standard InChI is InChI=1S/C18H33N3O2/c19-12-11-17(22)20-14-16-8-4-5-13-21(16)18(23)10-9-15-6-2-1-3-7-15/h15-16H,1-14,19H2,(H,20,22). The number of hydrogen-bond donors (Lipinski definition) is 2. The van der Waals surface area contributed by atoms with Gasteiger partial charge in [-0.15, -0.1) is 0 Å². The molecule has 1 atom stereocenters. The first-order chi connectivity index (χ1) is 11.2. The van der Waals surface area contributed by atoms with Crippen LogP contribution in [0.5, 0.6) is 0 Å². The van der Waals surface area contributed by atoms with Crippen molar-refractivity contribution in [1.82, 2.24) is 10.2 Å². The zero-order valence-electron chi connectivity index (χ0n) is 14.4. The van der Waals surface area contributed by atoms with Gasteiger partial charge in [-0.05, 0) is 31.6 Å². The molecule has 1 aliphatic heterocycles. The van der Waals surface area contributed by atoms with Gasteiger partial charge in [-0.25, -0.2) is 0 Å². The number of nitrogens with one attached hydrogen (secondary N) is 1. The van der Waals surface area contributed by atoms with Gasteiger partial charge < -0.3 is 16.0 Å². The third kappa shape index (κ3) is 6.13. The van der Waals surface area contributed by atoms with Gasteiger partial charge in [0.2, 0.25) is 11.8 Å². The monoisotopic (exact) mass is 323 g/mol. The number of carbonyl (C=O) groups excluding carboxylic acids is 2. The van der Waals surface area contributed by atoms with Crippen LogP contribution < -0.4 is 11.1 Å². The molecule has 0 aromatic carbocycles. The molecule has 0 aromatic rings. The summed E-state index contributed by atoms with van der Waals surface area (Å²) < 4.78 is 0. The summed E-state index contributed by atoms with van der Waals surface area (Å²) >= 11 is 0. The maximum atomic E-state index is 12.6. The average molecular weight is 323 g/mol. The van der Waals surface area contributed by atoms with Crippen LogP contribution in [0.4, 0.5) is 0 Å². The Morgan fingerprint density at radius 3 is 2.48 bits per heavy atom. The van der Waals surface area contributed by atoms with E-state index in [0.29, 0.717) is 25.9 Å². The van der Waals surface area contributed by atoms with Crippen LogP contribution in [0.1, 0.15) is 70.6 Å². The Hall–Kier alpha value is -1.10. The average Bonchev–Trinajstić information content (AvgIpc) is 2.59. The number of amides is 2. The van der Waals surface area contributed by atoms with Crippen molar-refractivity contribution in [1.29, 1.82) is 0 Å². The fraction of sp³-hybridized carbons (Fsp3) is 0.889. The minimum Gasteiger partial charge on any atom is -0.354 e. The number of nitrogens with two attached hydrogens (primary N) is 1. The molecule has 1 saturated carbocycles. The third-order valence-electron chi connectivity index (χ3n) is 5.34. The predicted octanol–water partition coefficient (Wildman–Crippen LogP) is 2.19. The summed E-state index contributed by atoms with van der Waals surface area (Å²) in [5.74, 6) is 1.03. The number of carbonyl (C=O) groups is 2. The molecule has 1 unspecified atom stereocenters. The van der Waals surface area contributed by atoms with Crippen molar-refractivity contribution in [3.8, 4) is 0 Å². The van der Waals surface area contributed by atoms with Crippen molar-refractivity contribution in [2.24, 2.45) is 11.7 Å². The van der Waals surface area contributed by atoms with Gasteiger partial charge in [0.05, 0.1) is 0 Å². The molecule has 132 valence electrons. The van der Waals surface area contributed by atoms with E-state index in [9.17, 15) is 9.59 Å². The number of rotatable bonds is 7. The second kappa shape index (κ2) is 9.91. The summed E-state index contributed by atoms with van der Waals surface area (Å²) in [7, 11) is 0. The van der Waals surface area contributed by atoms with Crippen molar-refractivity contribution in [3.05, 3.63) is 0 Å². The van der Waals surface area contributed by atoms with Gasteiger partial charge in [0.15, 0.2) is 0 Å². The molecule has 2 fully saturated rings. The molecule has 1 heterocycles. The first-order valence-electron chi connectivity index (χ1n) is 9.47. The SMILES string of the molecule is NCCC(=O)NCC1CCCCN1C(=O)CCC1CCCCC1. The Labute approximate surface area is 140 Å². The molecule has 5 heteroatoms. The number of piperidine rings is 1. The molecule has 0 aromatic heterocycles. The Balaban J connectivity index is 1.76. The highest BCUT2D eigenvalue weighted by molar-refractivity contribution is 5.77. The third-order valence-corrected chi connectivity index (χ3v) is 5.34. The van der Waals surface area contributed by atoms with Crippen LogP contribution in [-0.2, 0) is 9.59 Å². The van der Waals surface area contributed by atoms with E-state index in [-0.39, 0.29) is 17.9 Å². The molecule has 0 bridgehead atoms. The normalized spacial score (nSPS) is 22.8.